The first-order valence-electron chi connectivity index (χ1n) is 7.36. The summed E-state index contributed by atoms with van der Waals surface area (Å²) in [5, 5.41) is 3.48. The fraction of sp³-hybridized carbons (Fsp3) is 0.800. The summed E-state index contributed by atoms with van der Waals surface area (Å²) in [7, 11) is 0. The molecule has 0 aliphatic carbocycles. The Morgan fingerprint density at radius 1 is 1.32 bits per heavy atom. The van der Waals surface area contributed by atoms with Gasteiger partial charge in [-0.15, -0.1) is 11.3 Å². The van der Waals surface area contributed by atoms with Crippen LogP contribution in [0.3, 0.4) is 0 Å². The van der Waals surface area contributed by atoms with Crippen molar-refractivity contribution in [3.8, 4) is 0 Å². The molecule has 1 rings (SSSR count). The molecule has 1 heterocycles. The fourth-order valence-electron chi connectivity index (χ4n) is 2.18. The summed E-state index contributed by atoms with van der Waals surface area (Å²) in [4.78, 5) is 7.21. The van der Waals surface area contributed by atoms with Gasteiger partial charge in [-0.25, -0.2) is 4.98 Å². The normalized spacial score (nSPS) is 12.3. The van der Waals surface area contributed by atoms with Crippen molar-refractivity contribution in [3.05, 3.63) is 16.1 Å². The third-order valence-electron chi connectivity index (χ3n) is 3.19. The van der Waals surface area contributed by atoms with Gasteiger partial charge < -0.3 is 5.73 Å². The Morgan fingerprint density at radius 2 is 2.05 bits per heavy atom. The van der Waals surface area contributed by atoms with Crippen LogP contribution >= 0.6 is 11.3 Å². The van der Waals surface area contributed by atoms with Crippen molar-refractivity contribution in [3.63, 3.8) is 0 Å². The second-order valence-electron chi connectivity index (χ2n) is 6.06. The van der Waals surface area contributed by atoms with Gasteiger partial charge in [0, 0.05) is 18.5 Å². The van der Waals surface area contributed by atoms with Gasteiger partial charge in [-0.1, -0.05) is 27.7 Å². The topological polar surface area (TPSA) is 42.2 Å². The van der Waals surface area contributed by atoms with Crippen molar-refractivity contribution in [2.75, 3.05) is 19.6 Å². The smallest absolute Gasteiger partial charge is 0.0928 e. The van der Waals surface area contributed by atoms with Crippen LogP contribution < -0.4 is 5.73 Å². The number of hydrogen-bond donors (Lipinski definition) is 1. The maximum absolute atomic E-state index is 5.85. The summed E-state index contributed by atoms with van der Waals surface area (Å²) in [6, 6.07) is 0. The van der Waals surface area contributed by atoms with Gasteiger partial charge in [0.25, 0.3) is 0 Å². The molecule has 3 nitrogen and oxygen atoms in total. The van der Waals surface area contributed by atoms with E-state index < -0.39 is 0 Å². The van der Waals surface area contributed by atoms with Crippen molar-refractivity contribution in [2.24, 2.45) is 11.1 Å². The average molecular weight is 283 g/mol. The monoisotopic (exact) mass is 283 g/mol. The van der Waals surface area contributed by atoms with Gasteiger partial charge in [-0.05, 0) is 37.8 Å². The third kappa shape index (κ3) is 6.02. The van der Waals surface area contributed by atoms with E-state index in [-0.39, 0.29) is 5.41 Å². The standard InChI is InChI=1S/C15H29N3S/c1-5-7-14-17-13(10-19-14)9-18(8-6-2)12-15(3,4)11-16/h10H,5-9,11-12,16H2,1-4H3. The fourth-order valence-corrected chi connectivity index (χ4v) is 3.07. The molecule has 0 spiro atoms. The van der Waals surface area contributed by atoms with Crippen LogP contribution in [0.1, 0.15) is 51.2 Å². The van der Waals surface area contributed by atoms with Gasteiger partial charge in [-0.2, -0.15) is 0 Å². The molecule has 0 saturated carbocycles. The molecule has 0 amide bonds. The molecular weight excluding hydrogens is 254 g/mol. The number of nitrogens with zero attached hydrogens (tertiary/aromatic N) is 2. The maximum Gasteiger partial charge on any atom is 0.0928 e. The Hall–Kier alpha value is -0.450. The molecule has 0 aromatic carbocycles. The lowest BCUT2D eigenvalue weighted by molar-refractivity contribution is 0.174. The zero-order chi connectivity index (χ0) is 14.3. The van der Waals surface area contributed by atoms with Crippen LogP contribution in [-0.4, -0.2) is 29.5 Å². The second-order valence-corrected chi connectivity index (χ2v) is 7.00. The van der Waals surface area contributed by atoms with Gasteiger partial charge in [-0.3, -0.25) is 4.90 Å². The highest BCUT2D eigenvalue weighted by atomic mass is 32.1. The molecule has 0 aliphatic rings. The Labute approximate surface area is 122 Å². The highest BCUT2D eigenvalue weighted by Gasteiger charge is 2.20. The Balaban J connectivity index is 2.61. The number of nitrogens with two attached hydrogens (primary N) is 1. The first-order valence-corrected chi connectivity index (χ1v) is 8.24. The minimum Gasteiger partial charge on any atom is -0.330 e. The molecule has 0 atom stereocenters. The quantitative estimate of drug-likeness (QED) is 0.756. The lowest BCUT2D eigenvalue weighted by Gasteiger charge is -2.31. The van der Waals surface area contributed by atoms with Crippen molar-refractivity contribution in [1.82, 2.24) is 9.88 Å². The number of aryl methyl sites for hydroxylation is 1. The van der Waals surface area contributed by atoms with Crippen LogP contribution in [-0.2, 0) is 13.0 Å². The van der Waals surface area contributed by atoms with Gasteiger partial charge >= 0.3 is 0 Å². The van der Waals surface area contributed by atoms with E-state index in [1.807, 2.05) is 0 Å². The lowest BCUT2D eigenvalue weighted by atomic mass is 9.93. The van der Waals surface area contributed by atoms with Gasteiger partial charge in [0.2, 0.25) is 0 Å². The van der Waals surface area contributed by atoms with Crippen LogP contribution in [0.15, 0.2) is 5.38 Å². The molecule has 0 unspecified atom stereocenters. The highest BCUT2D eigenvalue weighted by molar-refractivity contribution is 7.09. The molecule has 1 aromatic heterocycles. The first kappa shape index (κ1) is 16.6. The zero-order valence-corrected chi connectivity index (χ0v) is 13.7. The van der Waals surface area contributed by atoms with Gasteiger partial charge in [0.15, 0.2) is 0 Å². The van der Waals surface area contributed by atoms with Crippen molar-refractivity contribution in [1.29, 1.82) is 0 Å². The van der Waals surface area contributed by atoms with Crippen LogP contribution in [0, 0.1) is 5.41 Å². The first-order chi connectivity index (χ1) is 9.00. The van der Waals surface area contributed by atoms with Crippen molar-refractivity contribution < 1.29 is 0 Å². The average Bonchev–Trinajstić information content (AvgIpc) is 2.77. The predicted molar refractivity (Wildman–Crippen MR) is 84.5 cm³/mol. The molecular formula is C15H29N3S. The zero-order valence-electron chi connectivity index (χ0n) is 12.9. The SMILES string of the molecule is CCCc1nc(CN(CCC)CC(C)(C)CN)cs1. The second kappa shape index (κ2) is 7.98. The highest BCUT2D eigenvalue weighted by Crippen LogP contribution is 2.18. The van der Waals surface area contributed by atoms with Crippen LogP contribution in [0.2, 0.25) is 0 Å². The van der Waals surface area contributed by atoms with E-state index in [9.17, 15) is 0 Å². The maximum atomic E-state index is 5.85. The Bertz CT molecular complexity index is 360. The van der Waals surface area contributed by atoms with E-state index in [1.54, 1.807) is 11.3 Å². The van der Waals surface area contributed by atoms with E-state index in [0.717, 1.165) is 32.6 Å². The predicted octanol–water partition coefficient (Wildman–Crippen LogP) is 3.29. The summed E-state index contributed by atoms with van der Waals surface area (Å²) in [6.07, 6.45) is 3.45. The molecule has 0 bridgehead atoms. The molecule has 0 saturated heterocycles. The molecule has 0 aliphatic heterocycles. The van der Waals surface area contributed by atoms with Crippen LogP contribution in [0.5, 0.6) is 0 Å². The lowest BCUT2D eigenvalue weighted by Crippen LogP contribution is -2.38. The Kier molecular flexibility index (Phi) is 6.97. The largest absolute Gasteiger partial charge is 0.330 e. The van der Waals surface area contributed by atoms with Gasteiger partial charge in [0.05, 0.1) is 10.7 Å². The summed E-state index contributed by atoms with van der Waals surface area (Å²) in [5.74, 6) is 0. The summed E-state index contributed by atoms with van der Waals surface area (Å²) in [6.45, 7) is 12.7. The summed E-state index contributed by atoms with van der Waals surface area (Å²) >= 11 is 1.80. The molecule has 110 valence electrons. The van der Waals surface area contributed by atoms with Crippen LogP contribution in [0.4, 0.5) is 0 Å². The van der Waals surface area contributed by atoms with Gasteiger partial charge in [0.1, 0.15) is 0 Å². The molecule has 4 heteroatoms. The minimum atomic E-state index is 0.178. The summed E-state index contributed by atoms with van der Waals surface area (Å²) in [5.41, 5.74) is 7.24. The van der Waals surface area contributed by atoms with E-state index in [1.165, 1.54) is 23.5 Å². The molecule has 2 N–H and O–H groups in total. The van der Waals surface area contributed by atoms with Crippen molar-refractivity contribution in [2.45, 2.75) is 53.5 Å². The van der Waals surface area contributed by atoms with Crippen molar-refractivity contribution >= 4 is 11.3 Å². The number of aromatic nitrogens is 1. The minimum absolute atomic E-state index is 0.178. The number of hydrogen-bond acceptors (Lipinski definition) is 4. The molecule has 1 aromatic rings. The van der Waals surface area contributed by atoms with E-state index in [0.29, 0.717) is 0 Å². The molecule has 0 radical (unpaired) electrons. The summed E-state index contributed by atoms with van der Waals surface area (Å²) < 4.78 is 0. The third-order valence-corrected chi connectivity index (χ3v) is 4.15. The molecule has 0 fully saturated rings. The van der Waals surface area contributed by atoms with Crippen LogP contribution in [0.25, 0.3) is 0 Å². The number of rotatable bonds is 9. The van der Waals surface area contributed by atoms with E-state index in [2.05, 4.69) is 38.0 Å². The Morgan fingerprint density at radius 3 is 2.63 bits per heavy atom. The van der Waals surface area contributed by atoms with E-state index in [4.69, 9.17) is 10.7 Å². The molecule has 19 heavy (non-hydrogen) atoms. The number of thiazole rings is 1. The van der Waals surface area contributed by atoms with E-state index >= 15 is 0 Å².